The van der Waals surface area contributed by atoms with Gasteiger partial charge in [0.05, 0.1) is 11.3 Å². The van der Waals surface area contributed by atoms with E-state index < -0.39 is 5.97 Å². The number of carbonyl (C=O) groups is 1. The number of carboxylic acids is 1. The highest BCUT2D eigenvalue weighted by atomic mass is 32.2. The molecule has 112 valence electrons. The third-order valence-electron chi connectivity index (χ3n) is 2.74. The second kappa shape index (κ2) is 7.37. The number of benzene rings is 1. The first-order valence-electron chi connectivity index (χ1n) is 6.34. The van der Waals surface area contributed by atoms with Crippen LogP contribution in [-0.2, 0) is 11.5 Å². The van der Waals surface area contributed by atoms with Crippen molar-refractivity contribution in [3.63, 3.8) is 0 Å². The summed E-state index contributed by atoms with van der Waals surface area (Å²) in [5, 5.41) is 17.6. The number of nitrogen functional groups attached to an aromatic ring is 1. The first-order valence-corrected chi connectivity index (χ1v) is 8.48. The number of aromatic nitrogens is 3. The summed E-state index contributed by atoms with van der Waals surface area (Å²) in [5.74, 6) is 8.20. The summed E-state index contributed by atoms with van der Waals surface area (Å²) in [6.45, 7) is 2.08. The molecule has 8 heteroatoms. The van der Waals surface area contributed by atoms with Crippen LogP contribution in [0.4, 0.5) is 0 Å². The van der Waals surface area contributed by atoms with Crippen LogP contribution < -0.4 is 5.84 Å². The van der Waals surface area contributed by atoms with Crippen LogP contribution in [0, 0.1) is 0 Å². The van der Waals surface area contributed by atoms with Crippen molar-refractivity contribution < 1.29 is 9.90 Å². The van der Waals surface area contributed by atoms with Crippen LogP contribution >= 0.6 is 23.5 Å². The number of aromatic carboxylic acids is 1. The van der Waals surface area contributed by atoms with Crippen molar-refractivity contribution in [2.24, 2.45) is 0 Å². The van der Waals surface area contributed by atoms with E-state index in [-0.39, 0.29) is 5.56 Å². The van der Waals surface area contributed by atoms with Gasteiger partial charge in [-0.2, -0.15) is 11.8 Å². The van der Waals surface area contributed by atoms with Crippen LogP contribution in [0.25, 0.3) is 0 Å². The molecule has 0 aliphatic rings. The summed E-state index contributed by atoms with van der Waals surface area (Å²) in [6, 6.07) is 6.77. The zero-order valence-corrected chi connectivity index (χ0v) is 13.2. The number of thioether (sulfide) groups is 2. The summed E-state index contributed by atoms with van der Waals surface area (Å²) >= 11 is 3.22. The normalized spacial score (nSPS) is 10.7. The molecule has 21 heavy (non-hydrogen) atoms. The van der Waals surface area contributed by atoms with Gasteiger partial charge in [-0.3, -0.25) is 0 Å². The molecule has 0 amide bonds. The fourth-order valence-corrected chi connectivity index (χ4v) is 3.00. The summed E-state index contributed by atoms with van der Waals surface area (Å²) < 4.78 is 1.51. The molecule has 2 aromatic rings. The fraction of sp³-hybridized carbons (Fsp3) is 0.308. The lowest BCUT2D eigenvalue weighted by Crippen LogP contribution is -2.13. The minimum Gasteiger partial charge on any atom is -0.478 e. The third-order valence-corrected chi connectivity index (χ3v) is 4.62. The van der Waals surface area contributed by atoms with Gasteiger partial charge >= 0.3 is 5.97 Å². The van der Waals surface area contributed by atoms with Crippen molar-refractivity contribution >= 4 is 29.5 Å². The molecule has 0 saturated heterocycles. The van der Waals surface area contributed by atoms with Gasteiger partial charge in [0.25, 0.3) is 0 Å². The van der Waals surface area contributed by atoms with E-state index in [4.69, 9.17) is 10.9 Å². The predicted octanol–water partition coefficient (Wildman–Crippen LogP) is 2.24. The molecule has 6 nitrogen and oxygen atoms in total. The van der Waals surface area contributed by atoms with Crippen molar-refractivity contribution in [3.8, 4) is 0 Å². The Morgan fingerprint density at radius 3 is 2.62 bits per heavy atom. The lowest BCUT2D eigenvalue weighted by atomic mass is 10.1. The van der Waals surface area contributed by atoms with E-state index in [9.17, 15) is 4.79 Å². The van der Waals surface area contributed by atoms with E-state index >= 15 is 0 Å². The molecular formula is C13H16N4O2S2. The number of hydrogen-bond donors (Lipinski definition) is 2. The average Bonchev–Trinajstić information content (AvgIpc) is 2.84. The van der Waals surface area contributed by atoms with Crippen LogP contribution in [0.2, 0.25) is 0 Å². The largest absolute Gasteiger partial charge is 0.478 e. The van der Waals surface area contributed by atoms with E-state index in [1.165, 1.54) is 16.4 Å². The highest BCUT2D eigenvalue weighted by molar-refractivity contribution is 7.98. The molecule has 0 aliphatic carbocycles. The summed E-state index contributed by atoms with van der Waals surface area (Å²) in [4.78, 5) is 10.8. The van der Waals surface area contributed by atoms with Crippen LogP contribution in [0.1, 0.15) is 28.7 Å². The first kappa shape index (κ1) is 15.7. The highest BCUT2D eigenvalue weighted by Crippen LogP contribution is 2.21. The topological polar surface area (TPSA) is 94.0 Å². The van der Waals surface area contributed by atoms with Gasteiger partial charge in [0.2, 0.25) is 5.16 Å². The first-order chi connectivity index (χ1) is 10.1. The molecule has 1 aromatic carbocycles. The van der Waals surface area contributed by atoms with Crippen molar-refractivity contribution in [2.75, 3.05) is 11.6 Å². The molecule has 0 spiro atoms. The minimum absolute atomic E-state index is 0.282. The van der Waals surface area contributed by atoms with Crippen LogP contribution in [0.5, 0.6) is 0 Å². The Balaban J connectivity index is 1.96. The Hall–Kier alpha value is -1.67. The van der Waals surface area contributed by atoms with E-state index in [1.54, 1.807) is 36.0 Å². The minimum atomic E-state index is -0.922. The second-order valence-electron chi connectivity index (χ2n) is 4.20. The molecule has 0 bridgehead atoms. The van der Waals surface area contributed by atoms with Gasteiger partial charge in [-0.1, -0.05) is 30.8 Å². The fourth-order valence-electron chi connectivity index (χ4n) is 1.59. The number of hydrogen-bond acceptors (Lipinski definition) is 6. The molecule has 0 saturated carbocycles. The number of rotatable bonds is 7. The average molecular weight is 324 g/mol. The maximum Gasteiger partial charge on any atom is 0.335 e. The molecular weight excluding hydrogens is 308 g/mol. The Bertz CT molecular complexity index is 613. The molecule has 3 N–H and O–H groups in total. The van der Waals surface area contributed by atoms with Gasteiger partial charge in [0.15, 0.2) is 5.82 Å². The van der Waals surface area contributed by atoms with Crippen LogP contribution in [0.15, 0.2) is 29.4 Å². The molecule has 1 heterocycles. The Morgan fingerprint density at radius 1 is 1.29 bits per heavy atom. The van der Waals surface area contributed by atoms with E-state index in [0.717, 1.165) is 22.9 Å². The van der Waals surface area contributed by atoms with Gasteiger partial charge in [-0.05, 0) is 23.4 Å². The number of carboxylic acid groups (broad SMARTS) is 1. The molecule has 1 aromatic heterocycles. The summed E-state index contributed by atoms with van der Waals surface area (Å²) in [5.41, 5.74) is 1.29. The van der Waals surface area contributed by atoms with Gasteiger partial charge < -0.3 is 10.9 Å². The monoisotopic (exact) mass is 324 g/mol. The van der Waals surface area contributed by atoms with Gasteiger partial charge in [0, 0.05) is 5.75 Å². The summed E-state index contributed by atoms with van der Waals surface area (Å²) in [7, 11) is 0. The van der Waals surface area contributed by atoms with E-state index in [1.807, 2.05) is 0 Å². The standard InChI is InChI=1S/C13H16N4O2S2/c1-2-20-8-11-15-16-13(17(11)14)21-7-9-3-5-10(6-4-9)12(18)19/h3-6H,2,7-8,14H2,1H3,(H,18,19). The quantitative estimate of drug-likeness (QED) is 0.596. The zero-order valence-electron chi connectivity index (χ0n) is 11.5. The molecule has 2 rings (SSSR count). The van der Waals surface area contributed by atoms with Crippen LogP contribution in [-0.4, -0.2) is 31.7 Å². The number of nitrogens with two attached hydrogens (primary N) is 1. The molecule has 0 fully saturated rings. The summed E-state index contributed by atoms with van der Waals surface area (Å²) in [6.07, 6.45) is 0. The maximum absolute atomic E-state index is 10.8. The Labute approximate surface area is 131 Å². The highest BCUT2D eigenvalue weighted by Gasteiger charge is 2.10. The number of nitrogens with zero attached hydrogens (tertiary/aromatic N) is 3. The Kier molecular flexibility index (Phi) is 5.51. The molecule has 0 unspecified atom stereocenters. The Morgan fingerprint density at radius 2 is 2.00 bits per heavy atom. The second-order valence-corrected chi connectivity index (χ2v) is 6.41. The van der Waals surface area contributed by atoms with Gasteiger partial charge in [-0.15, -0.1) is 10.2 Å². The maximum atomic E-state index is 10.8. The molecule has 0 aliphatic heterocycles. The van der Waals surface area contributed by atoms with Gasteiger partial charge in [0.1, 0.15) is 0 Å². The van der Waals surface area contributed by atoms with E-state index in [0.29, 0.717) is 10.9 Å². The lowest BCUT2D eigenvalue weighted by molar-refractivity contribution is 0.0697. The van der Waals surface area contributed by atoms with Crippen molar-refractivity contribution in [1.29, 1.82) is 0 Å². The lowest BCUT2D eigenvalue weighted by Gasteiger charge is -2.03. The molecule has 0 radical (unpaired) electrons. The van der Waals surface area contributed by atoms with Crippen molar-refractivity contribution in [3.05, 3.63) is 41.2 Å². The van der Waals surface area contributed by atoms with Crippen LogP contribution in [0.3, 0.4) is 0 Å². The van der Waals surface area contributed by atoms with Gasteiger partial charge in [-0.25, -0.2) is 9.47 Å². The third kappa shape index (κ3) is 4.15. The SMILES string of the molecule is CCSCc1nnc(SCc2ccc(C(=O)O)cc2)n1N. The van der Waals surface area contributed by atoms with E-state index in [2.05, 4.69) is 17.1 Å². The zero-order chi connectivity index (χ0) is 15.2. The smallest absolute Gasteiger partial charge is 0.335 e. The van der Waals surface area contributed by atoms with Crippen molar-refractivity contribution in [2.45, 2.75) is 23.6 Å². The van der Waals surface area contributed by atoms with Crippen molar-refractivity contribution in [1.82, 2.24) is 14.9 Å². The molecule has 0 atom stereocenters. The predicted molar refractivity (Wildman–Crippen MR) is 85.0 cm³/mol.